The number of unbranched alkanes of at least 4 members (excludes halogenated alkanes) is 4. The molecule has 22 heavy (non-hydrogen) atoms. The summed E-state index contributed by atoms with van der Waals surface area (Å²) >= 11 is 0. The zero-order valence-corrected chi connectivity index (χ0v) is 14.4. The molecule has 0 saturated carbocycles. The fourth-order valence-electron chi connectivity index (χ4n) is 1.94. The van der Waals surface area contributed by atoms with Gasteiger partial charge in [-0.3, -0.25) is 0 Å². The summed E-state index contributed by atoms with van der Waals surface area (Å²) in [5.41, 5.74) is 0. The van der Waals surface area contributed by atoms with Gasteiger partial charge in [0, 0.05) is 12.8 Å². The summed E-state index contributed by atoms with van der Waals surface area (Å²) < 4.78 is 9.72. The highest BCUT2D eigenvalue weighted by atomic mass is 35.5. The molecule has 0 aromatic heterocycles. The molecule has 0 bridgehead atoms. The van der Waals surface area contributed by atoms with Gasteiger partial charge in [-0.2, -0.15) is 0 Å². The van der Waals surface area contributed by atoms with Crippen molar-refractivity contribution in [2.45, 2.75) is 51.4 Å². The lowest BCUT2D eigenvalue weighted by Gasteiger charge is -2.05. The third-order valence-electron chi connectivity index (χ3n) is 3.24. The number of halogens is 1. The second-order valence-corrected chi connectivity index (χ2v) is 4.83. The van der Waals surface area contributed by atoms with Crippen LogP contribution in [-0.4, -0.2) is 39.2 Å². The summed E-state index contributed by atoms with van der Waals surface area (Å²) in [6, 6.07) is 0. The van der Waals surface area contributed by atoms with Crippen LogP contribution in [0, 0.1) is 0 Å². The van der Waals surface area contributed by atoms with E-state index in [2.05, 4.69) is 5.32 Å². The van der Waals surface area contributed by atoms with Crippen molar-refractivity contribution in [1.29, 1.82) is 0 Å². The van der Waals surface area contributed by atoms with E-state index in [4.69, 9.17) is 9.47 Å². The van der Waals surface area contributed by atoms with Crippen LogP contribution in [0.5, 0.6) is 0 Å². The zero-order valence-electron chi connectivity index (χ0n) is 13.6. The number of methoxy groups -OCH3 is 2. The van der Waals surface area contributed by atoms with Gasteiger partial charge in [-0.05, 0) is 38.8 Å². The van der Waals surface area contributed by atoms with E-state index in [0.29, 0.717) is 24.4 Å². The Morgan fingerprint density at radius 2 is 1.18 bits per heavy atom. The largest absolute Gasteiger partial charge is 0.490 e. The normalized spacial score (nSPS) is 9.18. The molecule has 0 atom stereocenters. The molecule has 0 fully saturated rings. The van der Waals surface area contributed by atoms with Crippen LogP contribution < -0.4 is 5.32 Å². The Balaban J connectivity index is 0. The van der Waals surface area contributed by atoms with Gasteiger partial charge in [0.2, 0.25) is 0 Å². The first-order valence-corrected chi connectivity index (χ1v) is 7.55. The molecular formula is C16H28ClNO4. The molecule has 0 aliphatic carbocycles. The van der Waals surface area contributed by atoms with Crippen molar-refractivity contribution in [3.63, 3.8) is 0 Å². The van der Waals surface area contributed by atoms with Crippen LogP contribution in [0.15, 0.2) is 11.5 Å². The van der Waals surface area contributed by atoms with Gasteiger partial charge < -0.3 is 14.8 Å². The Hall–Kier alpha value is -1.25. The van der Waals surface area contributed by atoms with Gasteiger partial charge in [-0.25, -0.2) is 9.59 Å². The van der Waals surface area contributed by atoms with Crippen molar-refractivity contribution < 1.29 is 19.1 Å². The van der Waals surface area contributed by atoms with E-state index in [1.165, 1.54) is 14.2 Å². The molecule has 0 saturated heterocycles. The van der Waals surface area contributed by atoms with Gasteiger partial charge in [0.05, 0.1) is 14.2 Å². The third-order valence-corrected chi connectivity index (χ3v) is 3.24. The lowest BCUT2D eigenvalue weighted by molar-refractivity contribution is 0.277. The van der Waals surface area contributed by atoms with E-state index in [9.17, 15) is 9.59 Å². The Morgan fingerprint density at radius 3 is 1.50 bits per heavy atom. The average molecular weight is 334 g/mol. The van der Waals surface area contributed by atoms with Crippen molar-refractivity contribution in [3.05, 3.63) is 11.5 Å². The van der Waals surface area contributed by atoms with Gasteiger partial charge in [0.25, 0.3) is 0 Å². The fourth-order valence-corrected chi connectivity index (χ4v) is 1.94. The highest BCUT2D eigenvalue weighted by Crippen LogP contribution is 2.07. The smallest absolute Gasteiger partial charge is 0.179 e. The van der Waals surface area contributed by atoms with Crippen molar-refractivity contribution in [2.24, 2.45) is 0 Å². The van der Waals surface area contributed by atoms with E-state index in [0.717, 1.165) is 51.6 Å². The lowest BCUT2D eigenvalue weighted by atomic mass is 10.1. The van der Waals surface area contributed by atoms with Crippen LogP contribution in [-0.2, 0) is 19.1 Å². The first-order valence-electron chi connectivity index (χ1n) is 7.55. The Morgan fingerprint density at radius 1 is 0.773 bits per heavy atom. The number of rotatable bonds is 14. The second kappa shape index (κ2) is 17.8. The molecule has 1 N–H and O–H groups in total. The van der Waals surface area contributed by atoms with E-state index in [1.807, 2.05) is 0 Å². The predicted octanol–water partition coefficient (Wildman–Crippen LogP) is 2.84. The first kappa shape index (κ1) is 23.0. The summed E-state index contributed by atoms with van der Waals surface area (Å²) in [7, 11) is 3.00. The average Bonchev–Trinajstić information content (AvgIpc) is 2.52. The van der Waals surface area contributed by atoms with E-state index >= 15 is 0 Å². The molecule has 0 aliphatic rings. The van der Waals surface area contributed by atoms with E-state index in [-0.39, 0.29) is 12.4 Å². The number of carbonyl (C=O) groups excluding carboxylic acids is 2. The van der Waals surface area contributed by atoms with Gasteiger partial charge in [0.1, 0.15) is 0 Å². The molecule has 0 aliphatic heterocycles. The molecule has 0 aromatic carbocycles. The summed E-state index contributed by atoms with van der Waals surface area (Å²) in [5, 5.41) is 3.39. The number of allylic oxidation sites excluding steroid dienone is 2. The van der Waals surface area contributed by atoms with Crippen LogP contribution in [0.2, 0.25) is 0 Å². The van der Waals surface area contributed by atoms with Crippen LogP contribution in [0.4, 0.5) is 0 Å². The van der Waals surface area contributed by atoms with Crippen molar-refractivity contribution in [3.8, 4) is 0 Å². The number of ether oxygens (including phenoxy) is 2. The maximum Gasteiger partial charge on any atom is 0.179 e. The SMILES string of the molecule is COC(=C=O)CCCCCNCCCCCC(=C=O)OC.Cl. The summed E-state index contributed by atoms with van der Waals surface area (Å²) in [6.07, 6.45) is 7.59. The minimum atomic E-state index is 0. The van der Waals surface area contributed by atoms with Crippen LogP contribution in [0.1, 0.15) is 51.4 Å². The van der Waals surface area contributed by atoms with Crippen LogP contribution >= 0.6 is 12.4 Å². The molecule has 0 aromatic rings. The Kier molecular flexibility index (Phi) is 18.6. The van der Waals surface area contributed by atoms with Crippen molar-refractivity contribution >= 4 is 24.3 Å². The standard InChI is InChI=1S/C16H27NO4.ClH/c1-20-15(13-18)9-5-3-7-11-17-12-8-4-6-10-16(14-19)21-2;/h17H,3-12H2,1-2H3;1H. The van der Waals surface area contributed by atoms with Crippen LogP contribution in [0.25, 0.3) is 0 Å². The van der Waals surface area contributed by atoms with Crippen molar-refractivity contribution in [1.82, 2.24) is 5.32 Å². The second-order valence-electron chi connectivity index (χ2n) is 4.83. The van der Waals surface area contributed by atoms with Gasteiger partial charge in [-0.15, -0.1) is 12.4 Å². The van der Waals surface area contributed by atoms with Gasteiger partial charge in [-0.1, -0.05) is 12.8 Å². The third kappa shape index (κ3) is 13.7. The Bertz CT molecular complexity index is 327. The number of nitrogens with one attached hydrogen (secondary N) is 1. The van der Waals surface area contributed by atoms with Gasteiger partial charge in [0.15, 0.2) is 23.4 Å². The van der Waals surface area contributed by atoms with Crippen LogP contribution in [0.3, 0.4) is 0 Å². The molecule has 5 nitrogen and oxygen atoms in total. The number of hydrogen-bond donors (Lipinski definition) is 1. The van der Waals surface area contributed by atoms with Crippen molar-refractivity contribution in [2.75, 3.05) is 27.3 Å². The Labute approximate surface area is 139 Å². The summed E-state index contributed by atoms with van der Waals surface area (Å²) in [5.74, 6) is 4.40. The monoisotopic (exact) mass is 333 g/mol. The minimum Gasteiger partial charge on any atom is -0.490 e. The highest BCUT2D eigenvalue weighted by molar-refractivity contribution is 5.85. The summed E-state index contributed by atoms with van der Waals surface area (Å²) in [4.78, 5) is 20.8. The maximum atomic E-state index is 10.4. The predicted molar refractivity (Wildman–Crippen MR) is 89.5 cm³/mol. The van der Waals surface area contributed by atoms with E-state index in [1.54, 1.807) is 11.9 Å². The molecule has 6 heteroatoms. The fraction of sp³-hybridized carbons (Fsp3) is 0.750. The molecule has 0 rings (SSSR count). The first-order chi connectivity index (χ1) is 10.3. The molecule has 128 valence electrons. The zero-order chi connectivity index (χ0) is 15.8. The molecule has 0 spiro atoms. The molecule has 0 unspecified atom stereocenters. The van der Waals surface area contributed by atoms with Gasteiger partial charge >= 0.3 is 0 Å². The maximum absolute atomic E-state index is 10.4. The molecular weight excluding hydrogens is 306 g/mol. The molecule has 0 amide bonds. The highest BCUT2D eigenvalue weighted by Gasteiger charge is 1.98. The molecule has 0 heterocycles. The number of hydrogen-bond acceptors (Lipinski definition) is 5. The molecule has 0 radical (unpaired) electrons. The topological polar surface area (TPSA) is 64.6 Å². The van der Waals surface area contributed by atoms with E-state index < -0.39 is 0 Å². The minimum absolute atomic E-state index is 0. The lowest BCUT2D eigenvalue weighted by Crippen LogP contribution is -2.16. The summed E-state index contributed by atoms with van der Waals surface area (Å²) in [6.45, 7) is 1.98. The quantitative estimate of drug-likeness (QED) is 0.301.